The fourth-order valence-electron chi connectivity index (χ4n) is 1.95. The highest BCUT2D eigenvalue weighted by atomic mass is 16.6. The van der Waals surface area contributed by atoms with Crippen LogP contribution in [0.3, 0.4) is 0 Å². The minimum absolute atomic E-state index is 0.0194. The Morgan fingerprint density at radius 1 is 1.47 bits per heavy atom. The molecule has 0 saturated carbocycles. The lowest BCUT2D eigenvalue weighted by Gasteiger charge is -2.29. The normalized spacial score (nSPS) is 23.9. The second kappa shape index (κ2) is 5.61. The molecule has 106 valence electrons. The number of aromatic nitrogens is 1. The predicted molar refractivity (Wildman–Crippen MR) is 67.6 cm³/mol. The third kappa shape index (κ3) is 4.24. The highest BCUT2D eigenvalue weighted by Gasteiger charge is 2.27. The smallest absolute Gasteiger partial charge is 0.407 e. The Balaban J connectivity index is 1.76. The molecule has 1 amide bonds. The Kier molecular flexibility index (Phi) is 4.09. The topological polar surface area (TPSA) is 73.6 Å². The summed E-state index contributed by atoms with van der Waals surface area (Å²) in [6.07, 6.45) is 4.19. The number of nitrogens with zero attached hydrogens (tertiary/aromatic N) is 1. The van der Waals surface area contributed by atoms with Crippen LogP contribution in [0, 0.1) is 0 Å². The Morgan fingerprint density at radius 3 is 2.79 bits per heavy atom. The van der Waals surface area contributed by atoms with Crippen LogP contribution in [0.15, 0.2) is 17.0 Å². The van der Waals surface area contributed by atoms with Crippen LogP contribution >= 0.6 is 0 Å². The van der Waals surface area contributed by atoms with Gasteiger partial charge >= 0.3 is 6.09 Å². The largest absolute Gasteiger partial charge is 0.446 e. The van der Waals surface area contributed by atoms with Crippen LogP contribution in [0.2, 0.25) is 0 Å². The molecule has 1 aliphatic rings. The number of oxazole rings is 1. The van der Waals surface area contributed by atoms with Gasteiger partial charge in [0.1, 0.15) is 11.7 Å². The average Bonchev–Trinajstić information content (AvgIpc) is 2.80. The standard InChI is InChI=1S/C13H20N2O4/c1-13(2,3)19-12(16)15-9-4-5-10(17-7-9)11-6-14-8-18-11/h6,8-10H,4-5,7H2,1-3H3,(H,15,16)/t9?,10-/m0/s1. The van der Waals surface area contributed by atoms with Crippen molar-refractivity contribution in [2.45, 2.75) is 51.4 Å². The molecular weight excluding hydrogens is 248 g/mol. The summed E-state index contributed by atoms with van der Waals surface area (Å²) >= 11 is 0. The molecule has 2 rings (SSSR count). The first-order chi connectivity index (χ1) is 8.94. The predicted octanol–water partition coefficient (Wildman–Crippen LogP) is 2.42. The van der Waals surface area contributed by atoms with Crippen LogP contribution in [0.5, 0.6) is 0 Å². The average molecular weight is 268 g/mol. The molecule has 1 aromatic heterocycles. The number of ether oxygens (including phenoxy) is 2. The summed E-state index contributed by atoms with van der Waals surface area (Å²) in [4.78, 5) is 15.5. The molecule has 1 aromatic rings. The molecule has 1 unspecified atom stereocenters. The van der Waals surface area contributed by atoms with Gasteiger partial charge in [-0.25, -0.2) is 9.78 Å². The van der Waals surface area contributed by atoms with Gasteiger partial charge in [-0.05, 0) is 33.6 Å². The van der Waals surface area contributed by atoms with E-state index in [0.717, 1.165) is 18.6 Å². The Labute approximate surface area is 112 Å². The van der Waals surface area contributed by atoms with Crippen molar-refractivity contribution < 1.29 is 18.7 Å². The van der Waals surface area contributed by atoms with E-state index in [1.165, 1.54) is 6.39 Å². The van der Waals surface area contributed by atoms with Gasteiger partial charge in [-0.3, -0.25) is 0 Å². The summed E-state index contributed by atoms with van der Waals surface area (Å²) in [6.45, 7) is 5.96. The molecule has 6 heteroatoms. The fraction of sp³-hybridized carbons (Fsp3) is 0.692. The maximum atomic E-state index is 11.6. The van der Waals surface area contributed by atoms with Crippen molar-refractivity contribution in [3.63, 3.8) is 0 Å². The molecule has 0 radical (unpaired) electrons. The van der Waals surface area contributed by atoms with Crippen molar-refractivity contribution in [1.29, 1.82) is 0 Å². The van der Waals surface area contributed by atoms with E-state index in [2.05, 4.69) is 10.3 Å². The third-order valence-corrected chi connectivity index (χ3v) is 2.77. The number of rotatable bonds is 2. The first kappa shape index (κ1) is 13.9. The van der Waals surface area contributed by atoms with Gasteiger partial charge in [0.2, 0.25) is 0 Å². The second-order valence-electron chi connectivity index (χ2n) is 5.65. The summed E-state index contributed by atoms with van der Waals surface area (Å²) in [5, 5.41) is 2.81. The van der Waals surface area contributed by atoms with Crippen molar-refractivity contribution in [2.75, 3.05) is 6.61 Å². The fourth-order valence-corrected chi connectivity index (χ4v) is 1.95. The van der Waals surface area contributed by atoms with Gasteiger partial charge in [0, 0.05) is 0 Å². The summed E-state index contributed by atoms with van der Waals surface area (Å²) in [5.74, 6) is 0.732. The zero-order valence-corrected chi connectivity index (χ0v) is 11.5. The molecule has 1 fully saturated rings. The second-order valence-corrected chi connectivity index (χ2v) is 5.65. The van der Waals surface area contributed by atoms with Crippen LogP contribution in [-0.2, 0) is 9.47 Å². The van der Waals surface area contributed by atoms with E-state index in [1.807, 2.05) is 20.8 Å². The van der Waals surface area contributed by atoms with Gasteiger partial charge in [-0.1, -0.05) is 0 Å². The lowest BCUT2D eigenvalue weighted by atomic mass is 10.0. The van der Waals surface area contributed by atoms with E-state index >= 15 is 0 Å². The number of hydrogen-bond donors (Lipinski definition) is 1. The van der Waals surface area contributed by atoms with Gasteiger partial charge in [0.25, 0.3) is 0 Å². The Hall–Kier alpha value is -1.56. The quantitative estimate of drug-likeness (QED) is 0.891. The molecule has 0 spiro atoms. The van der Waals surface area contributed by atoms with E-state index in [4.69, 9.17) is 13.9 Å². The van der Waals surface area contributed by atoms with Crippen LogP contribution in [0.25, 0.3) is 0 Å². The highest BCUT2D eigenvalue weighted by molar-refractivity contribution is 5.68. The van der Waals surface area contributed by atoms with E-state index in [1.54, 1.807) is 6.20 Å². The third-order valence-electron chi connectivity index (χ3n) is 2.77. The van der Waals surface area contributed by atoms with Crippen LogP contribution < -0.4 is 5.32 Å². The first-order valence-electron chi connectivity index (χ1n) is 6.43. The molecule has 0 bridgehead atoms. The van der Waals surface area contributed by atoms with Gasteiger partial charge in [0.05, 0.1) is 18.8 Å². The monoisotopic (exact) mass is 268 g/mol. The van der Waals surface area contributed by atoms with Crippen LogP contribution in [0.4, 0.5) is 4.79 Å². The summed E-state index contributed by atoms with van der Waals surface area (Å²) in [7, 11) is 0. The molecule has 2 heterocycles. The van der Waals surface area contributed by atoms with Gasteiger partial charge < -0.3 is 19.2 Å². The molecule has 1 saturated heterocycles. The van der Waals surface area contributed by atoms with Crippen LogP contribution in [0.1, 0.15) is 45.5 Å². The number of nitrogens with one attached hydrogen (secondary N) is 1. The van der Waals surface area contributed by atoms with E-state index in [9.17, 15) is 4.79 Å². The minimum Gasteiger partial charge on any atom is -0.446 e. The number of amides is 1. The maximum Gasteiger partial charge on any atom is 0.407 e. The van der Waals surface area contributed by atoms with Crippen molar-refractivity contribution in [3.8, 4) is 0 Å². The highest BCUT2D eigenvalue weighted by Crippen LogP contribution is 2.27. The summed E-state index contributed by atoms with van der Waals surface area (Å²) in [5.41, 5.74) is -0.484. The molecular formula is C13H20N2O4. The first-order valence-corrected chi connectivity index (χ1v) is 6.43. The van der Waals surface area contributed by atoms with Crippen molar-refractivity contribution in [1.82, 2.24) is 10.3 Å². The van der Waals surface area contributed by atoms with Gasteiger partial charge in [-0.2, -0.15) is 0 Å². The van der Waals surface area contributed by atoms with E-state index < -0.39 is 11.7 Å². The van der Waals surface area contributed by atoms with Crippen LogP contribution in [-0.4, -0.2) is 29.3 Å². The number of carbonyl (C=O) groups excluding carboxylic acids is 1. The van der Waals surface area contributed by atoms with E-state index in [0.29, 0.717) is 6.61 Å². The molecule has 6 nitrogen and oxygen atoms in total. The van der Waals surface area contributed by atoms with Gasteiger partial charge in [0.15, 0.2) is 12.2 Å². The maximum absolute atomic E-state index is 11.6. The lowest BCUT2D eigenvalue weighted by molar-refractivity contribution is -0.0192. The molecule has 1 N–H and O–H groups in total. The van der Waals surface area contributed by atoms with Crippen molar-refractivity contribution >= 4 is 6.09 Å². The summed E-state index contributed by atoms with van der Waals surface area (Å²) < 4.78 is 16.1. The van der Waals surface area contributed by atoms with Crippen molar-refractivity contribution in [2.24, 2.45) is 0 Å². The molecule has 1 aliphatic heterocycles. The molecule has 19 heavy (non-hydrogen) atoms. The Bertz CT molecular complexity index is 403. The molecule has 0 aromatic carbocycles. The SMILES string of the molecule is CC(C)(C)OC(=O)NC1CC[C@@H](c2cnco2)OC1. The Morgan fingerprint density at radius 2 is 2.26 bits per heavy atom. The number of alkyl carbamates (subject to hydrolysis) is 1. The zero-order valence-electron chi connectivity index (χ0n) is 11.5. The zero-order chi connectivity index (χ0) is 13.9. The number of hydrogen-bond acceptors (Lipinski definition) is 5. The van der Waals surface area contributed by atoms with Gasteiger partial charge in [-0.15, -0.1) is 0 Å². The number of carbonyl (C=O) groups is 1. The van der Waals surface area contributed by atoms with Crippen molar-refractivity contribution in [3.05, 3.63) is 18.4 Å². The molecule has 0 aliphatic carbocycles. The lowest BCUT2D eigenvalue weighted by Crippen LogP contribution is -2.43. The summed E-state index contributed by atoms with van der Waals surface area (Å²) in [6, 6.07) is -0.0194. The molecule has 2 atom stereocenters. The minimum atomic E-state index is -0.484. The van der Waals surface area contributed by atoms with E-state index in [-0.39, 0.29) is 12.1 Å².